The molecular formula is C18H16ClNS. The van der Waals surface area contributed by atoms with Crippen LogP contribution in [0.2, 0.25) is 4.34 Å². The molecule has 0 radical (unpaired) electrons. The minimum Gasteiger partial charge on any atom is -0.378 e. The van der Waals surface area contributed by atoms with E-state index in [0.717, 1.165) is 10.0 Å². The SMILES string of the molecule is CC(Nc1ccc(-c2ccccc2)cc1)c1csc(Cl)c1. The number of hydrogen-bond acceptors (Lipinski definition) is 2. The van der Waals surface area contributed by atoms with Crippen LogP contribution in [-0.4, -0.2) is 0 Å². The molecule has 0 saturated carbocycles. The van der Waals surface area contributed by atoms with Gasteiger partial charge < -0.3 is 5.32 Å². The molecule has 3 heteroatoms. The molecule has 0 saturated heterocycles. The maximum atomic E-state index is 5.99. The highest BCUT2D eigenvalue weighted by Crippen LogP contribution is 2.28. The summed E-state index contributed by atoms with van der Waals surface area (Å²) in [5.74, 6) is 0. The molecule has 1 nitrogen and oxygen atoms in total. The van der Waals surface area contributed by atoms with Crippen molar-refractivity contribution in [3.05, 3.63) is 75.9 Å². The second-order valence-corrected chi connectivity index (χ2v) is 6.54. The Morgan fingerprint density at radius 3 is 2.24 bits per heavy atom. The third kappa shape index (κ3) is 3.46. The van der Waals surface area contributed by atoms with Crippen LogP contribution in [0, 0.1) is 0 Å². The van der Waals surface area contributed by atoms with Gasteiger partial charge in [0, 0.05) is 11.7 Å². The first kappa shape index (κ1) is 14.2. The Kier molecular flexibility index (Phi) is 4.28. The highest BCUT2D eigenvalue weighted by Gasteiger charge is 2.07. The predicted molar refractivity (Wildman–Crippen MR) is 93.2 cm³/mol. The van der Waals surface area contributed by atoms with Crippen LogP contribution in [0.1, 0.15) is 18.5 Å². The quantitative estimate of drug-likeness (QED) is 0.601. The van der Waals surface area contributed by atoms with Crippen LogP contribution < -0.4 is 5.32 Å². The summed E-state index contributed by atoms with van der Waals surface area (Å²) in [5, 5.41) is 5.59. The maximum Gasteiger partial charge on any atom is 0.0931 e. The molecule has 3 aromatic rings. The van der Waals surface area contributed by atoms with Crippen molar-refractivity contribution < 1.29 is 0 Å². The fourth-order valence-corrected chi connectivity index (χ4v) is 3.26. The van der Waals surface area contributed by atoms with Gasteiger partial charge in [0.1, 0.15) is 0 Å². The maximum absolute atomic E-state index is 5.99. The van der Waals surface area contributed by atoms with Crippen molar-refractivity contribution in [2.24, 2.45) is 0 Å². The molecule has 106 valence electrons. The third-order valence-electron chi connectivity index (χ3n) is 3.46. The van der Waals surface area contributed by atoms with Crippen LogP contribution in [0.25, 0.3) is 11.1 Å². The summed E-state index contributed by atoms with van der Waals surface area (Å²) in [6, 6.07) is 21.2. The second kappa shape index (κ2) is 6.33. The largest absolute Gasteiger partial charge is 0.378 e. The van der Waals surface area contributed by atoms with Crippen molar-refractivity contribution in [2.45, 2.75) is 13.0 Å². The summed E-state index contributed by atoms with van der Waals surface area (Å²) in [6.07, 6.45) is 0. The highest BCUT2D eigenvalue weighted by molar-refractivity contribution is 7.14. The zero-order chi connectivity index (χ0) is 14.7. The molecule has 1 unspecified atom stereocenters. The molecule has 2 aromatic carbocycles. The van der Waals surface area contributed by atoms with Crippen LogP contribution >= 0.6 is 22.9 Å². The summed E-state index contributed by atoms with van der Waals surface area (Å²) < 4.78 is 0.832. The summed E-state index contributed by atoms with van der Waals surface area (Å²) in [5.41, 5.74) is 4.80. The highest BCUT2D eigenvalue weighted by atomic mass is 35.5. The summed E-state index contributed by atoms with van der Waals surface area (Å²) in [6.45, 7) is 2.14. The fraction of sp³-hybridized carbons (Fsp3) is 0.111. The van der Waals surface area contributed by atoms with Gasteiger partial charge in [0.2, 0.25) is 0 Å². The molecular weight excluding hydrogens is 298 g/mol. The van der Waals surface area contributed by atoms with E-state index in [1.165, 1.54) is 16.7 Å². The standard InChI is InChI=1S/C18H16ClNS/c1-13(16-11-18(19)21-12-16)20-17-9-7-15(8-10-17)14-5-3-2-4-6-14/h2-13,20H,1H3. The second-order valence-electron chi connectivity index (χ2n) is 4.99. The van der Waals surface area contributed by atoms with E-state index < -0.39 is 0 Å². The molecule has 0 fully saturated rings. The zero-order valence-corrected chi connectivity index (χ0v) is 13.3. The van der Waals surface area contributed by atoms with Crippen LogP contribution in [0.3, 0.4) is 0 Å². The molecule has 0 spiro atoms. The van der Waals surface area contributed by atoms with Gasteiger partial charge >= 0.3 is 0 Å². The number of thiophene rings is 1. The number of nitrogens with one attached hydrogen (secondary N) is 1. The monoisotopic (exact) mass is 313 g/mol. The number of halogens is 1. The Hall–Kier alpha value is -1.77. The summed E-state index contributed by atoms with van der Waals surface area (Å²) >= 11 is 7.56. The van der Waals surface area contributed by atoms with Crippen LogP contribution in [0.15, 0.2) is 66.0 Å². The topological polar surface area (TPSA) is 12.0 Å². The molecule has 21 heavy (non-hydrogen) atoms. The summed E-state index contributed by atoms with van der Waals surface area (Å²) in [4.78, 5) is 0. The van der Waals surface area contributed by atoms with Gasteiger partial charge in [-0.1, -0.05) is 54.1 Å². The van der Waals surface area contributed by atoms with Gasteiger partial charge in [0.25, 0.3) is 0 Å². The van der Waals surface area contributed by atoms with E-state index >= 15 is 0 Å². The Bertz CT molecular complexity index is 704. The van der Waals surface area contributed by atoms with E-state index in [1.54, 1.807) is 11.3 Å². The smallest absolute Gasteiger partial charge is 0.0931 e. The zero-order valence-electron chi connectivity index (χ0n) is 11.7. The molecule has 1 aromatic heterocycles. The van der Waals surface area contributed by atoms with Gasteiger partial charge in [-0.3, -0.25) is 0 Å². The molecule has 0 bridgehead atoms. The van der Waals surface area contributed by atoms with Gasteiger partial charge in [0.05, 0.1) is 4.34 Å². The number of hydrogen-bond donors (Lipinski definition) is 1. The Morgan fingerprint density at radius 1 is 0.952 bits per heavy atom. The molecule has 0 aliphatic rings. The molecule has 0 aliphatic heterocycles. The molecule has 3 rings (SSSR count). The van der Waals surface area contributed by atoms with Gasteiger partial charge in [-0.15, -0.1) is 11.3 Å². The van der Waals surface area contributed by atoms with E-state index in [9.17, 15) is 0 Å². The first-order chi connectivity index (χ1) is 10.2. The first-order valence-corrected chi connectivity index (χ1v) is 8.14. The normalized spacial score (nSPS) is 12.1. The average molecular weight is 314 g/mol. The Morgan fingerprint density at radius 2 is 1.62 bits per heavy atom. The van der Waals surface area contributed by atoms with Crippen molar-refractivity contribution >= 4 is 28.6 Å². The first-order valence-electron chi connectivity index (χ1n) is 6.88. The van der Waals surface area contributed by atoms with E-state index in [2.05, 4.69) is 66.2 Å². The van der Waals surface area contributed by atoms with Crippen LogP contribution in [0.5, 0.6) is 0 Å². The lowest BCUT2D eigenvalue weighted by Gasteiger charge is -2.14. The number of benzene rings is 2. The number of anilines is 1. The van der Waals surface area contributed by atoms with Crippen LogP contribution in [0.4, 0.5) is 5.69 Å². The Balaban J connectivity index is 1.73. The fourth-order valence-electron chi connectivity index (χ4n) is 2.27. The predicted octanol–water partition coefficient (Wildman–Crippen LogP) is 6.24. The van der Waals surface area contributed by atoms with Crippen molar-refractivity contribution in [3.63, 3.8) is 0 Å². The third-order valence-corrected chi connectivity index (χ3v) is 4.57. The van der Waals surface area contributed by atoms with Crippen molar-refractivity contribution in [1.29, 1.82) is 0 Å². The van der Waals surface area contributed by atoms with E-state index in [4.69, 9.17) is 11.6 Å². The molecule has 1 heterocycles. The van der Waals surface area contributed by atoms with E-state index in [-0.39, 0.29) is 6.04 Å². The average Bonchev–Trinajstić information content (AvgIpc) is 2.96. The summed E-state index contributed by atoms with van der Waals surface area (Å²) in [7, 11) is 0. The molecule has 1 atom stereocenters. The molecule has 1 N–H and O–H groups in total. The van der Waals surface area contributed by atoms with Crippen molar-refractivity contribution in [2.75, 3.05) is 5.32 Å². The van der Waals surface area contributed by atoms with Gasteiger partial charge in [-0.25, -0.2) is 0 Å². The lowest BCUT2D eigenvalue weighted by molar-refractivity contribution is 0.891. The van der Waals surface area contributed by atoms with Crippen molar-refractivity contribution in [1.82, 2.24) is 0 Å². The molecule has 0 aliphatic carbocycles. The van der Waals surface area contributed by atoms with Crippen LogP contribution in [-0.2, 0) is 0 Å². The van der Waals surface area contributed by atoms with E-state index in [0.29, 0.717) is 0 Å². The molecule has 0 amide bonds. The van der Waals surface area contributed by atoms with Crippen molar-refractivity contribution in [3.8, 4) is 11.1 Å². The van der Waals surface area contributed by atoms with E-state index in [1.807, 2.05) is 12.1 Å². The number of rotatable bonds is 4. The van der Waals surface area contributed by atoms with Gasteiger partial charge in [0.15, 0.2) is 0 Å². The van der Waals surface area contributed by atoms with Gasteiger partial charge in [-0.05, 0) is 47.2 Å². The lowest BCUT2D eigenvalue weighted by Crippen LogP contribution is -2.05. The lowest BCUT2D eigenvalue weighted by atomic mass is 10.1. The Labute approximate surface area is 134 Å². The minimum atomic E-state index is 0.247. The minimum absolute atomic E-state index is 0.247. The van der Waals surface area contributed by atoms with Gasteiger partial charge in [-0.2, -0.15) is 0 Å².